The molecule has 13 nitrogen and oxygen atoms in total. The molecule has 4 rings (SSSR count). The van der Waals surface area contributed by atoms with Gasteiger partial charge in [-0.25, -0.2) is 28.3 Å². The number of nitrogens with one attached hydrogen (secondary N) is 3. The molecule has 1 aromatic carbocycles. The first-order chi connectivity index (χ1) is 21.8. The van der Waals surface area contributed by atoms with E-state index in [-0.39, 0.29) is 35.8 Å². The SMILES string of the molecule is N#Cc1ccc(CCNC(=O)C2CCCN2c2cc(N3CCC(CCNC(=O)NCCS(N)(=O)=O)CC3)nc(C(F)(F)F)n2)cc1. The van der Waals surface area contributed by atoms with Crippen LogP contribution in [0, 0.1) is 17.2 Å². The van der Waals surface area contributed by atoms with Gasteiger partial charge < -0.3 is 25.8 Å². The lowest BCUT2D eigenvalue weighted by Gasteiger charge is -2.34. The van der Waals surface area contributed by atoms with Gasteiger partial charge in [0.05, 0.1) is 17.4 Å². The van der Waals surface area contributed by atoms with Crippen LogP contribution in [0.15, 0.2) is 30.3 Å². The molecule has 2 fully saturated rings. The number of nitrogens with two attached hydrogens (primary N) is 1. The Balaban J connectivity index is 1.33. The number of anilines is 2. The molecule has 5 N–H and O–H groups in total. The van der Waals surface area contributed by atoms with Gasteiger partial charge in [-0.05, 0) is 62.1 Å². The van der Waals surface area contributed by atoms with Crippen LogP contribution in [0.1, 0.15) is 49.1 Å². The average molecular weight is 666 g/mol. The number of rotatable bonds is 12. The van der Waals surface area contributed by atoms with Gasteiger partial charge in [-0.3, -0.25) is 4.79 Å². The highest BCUT2D eigenvalue weighted by Crippen LogP contribution is 2.34. The molecule has 0 bridgehead atoms. The Hall–Kier alpha value is -4.17. The molecule has 46 heavy (non-hydrogen) atoms. The maximum atomic E-state index is 13.9. The number of piperidine rings is 1. The number of alkyl halides is 3. The second-order valence-electron chi connectivity index (χ2n) is 11.4. The van der Waals surface area contributed by atoms with Crippen molar-refractivity contribution < 1.29 is 31.2 Å². The molecule has 17 heteroatoms. The minimum atomic E-state index is -4.78. The summed E-state index contributed by atoms with van der Waals surface area (Å²) in [5, 5.41) is 21.8. The van der Waals surface area contributed by atoms with E-state index in [0.717, 1.165) is 5.56 Å². The molecule has 3 heterocycles. The standard InChI is InChI=1S/C29H38F3N9O4S/c30-29(31,32)27-38-24(40-15-9-21(10-16-40)8-12-36-28(43)37-13-17-46(34,44)45)18-25(39-27)41-14-1-2-23(41)26(42)35-11-7-20-3-5-22(19-33)6-4-20/h3-6,18,21,23H,1-2,7-17H2,(H,35,42)(H2,34,44,45)(H2,36,37,43). The number of aromatic nitrogens is 2. The second-order valence-corrected chi connectivity index (χ2v) is 13.1. The molecule has 2 aliphatic heterocycles. The minimum Gasteiger partial charge on any atom is -0.356 e. The van der Waals surface area contributed by atoms with Crippen LogP contribution < -0.4 is 30.9 Å². The Morgan fingerprint density at radius 1 is 0.978 bits per heavy atom. The van der Waals surface area contributed by atoms with Crippen molar-refractivity contribution in [1.29, 1.82) is 5.26 Å². The van der Waals surface area contributed by atoms with Crippen molar-refractivity contribution in [2.75, 3.05) is 54.8 Å². The highest BCUT2D eigenvalue weighted by atomic mass is 32.2. The summed E-state index contributed by atoms with van der Waals surface area (Å²) < 4.78 is 63.6. The lowest BCUT2D eigenvalue weighted by molar-refractivity contribution is -0.144. The van der Waals surface area contributed by atoms with Crippen LogP contribution in [-0.2, 0) is 27.4 Å². The number of benzene rings is 1. The molecule has 0 radical (unpaired) electrons. The molecule has 1 atom stereocenters. The monoisotopic (exact) mass is 665 g/mol. The molecule has 0 saturated carbocycles. The van der Waals surface area contributed by atoms with Gasteiger partial charge in [-0.15, -0.1) is 0 Å². The van der Waals surface area contributed by atoms with Gasteiger partial charge >= 0.3 is 12.2 Å². The van der Waals surface area contributed by atoms with E-state index in [9.17, 15) is 31.2 Å². The topological polar surface area (TPSA) is 186 Å². The molecule has 0 spiro atoms. The number of hydrogen-bond acceptors (Lipinski definition) is 9. The number of nitriles is 1. The van der Waals surface area contributed by atoms with E-state index >= 15 is 0 Å². The molecule has 2 aromatic rings. The van der Waals surface area contributed by atoms with Crippen molar-refractivity contribution in [3.05, 3.63) is 47.3 Å². The quantitative estimate of drug-likeness (QED) is 0.263. The van der Waals surface area contributed by atoms with Crippen LogP contribution >= 0.6 is 0 Å². The van der Waals surface area contributed by atoms with Crippen LogP contribution in [-0.4, -0.2) is 81.4 Å². The van der Waals surface area contributed by atoms with Crippen LogP contribution in [0.3, 0.4) is 0 Å². The number of primary sulfonamides is 1. The molecule has 2 saturated heterocycles. The van der Waals surface area contributed by atoms with Gasteiger partial charge in [0, 0.05) is 45.3 Å². The lowest BCUT2D eigenvalue weighted by Crippen LogP contribution is -2.44. The zero-order valence-electron chi connectivity index (χ0n) is 25.2. The Morgan fingerprint density at radius 3 is 2.30 bits per heavy atom. The van der Waals surface area contributed by atoms with E-state index in [0.29, 0.717) is 76.8 Å². The van der Waals surface area contributed by atoms with Crippen LogP contribution in [0.25, 0.3) is 0 Å². The predicted octanol–water partition coefficient (Wildman–Crippen LogP) is 1.89. The summed E-state index contributed by atoms with van der Waals surface area (Å²) in [6.45, 7) is 1.88. The van der Waals surface area contributed by atoms with E-state index in [4.69, 9.17) is 10.4 Å². The summed E-state index contributed by atoms with van der Waals surface area (Å²) in [5.74, 6) is -1.48. The maximum absolute atomic E-state index is 13.9. The Bertz CT molecular complexity index is 1510. The van der Waals surface area contributed by atoms with Crippen molar-refractivity contribution in [2.24, 2.45) is 11.1 Å². The Labute approximate surface area is 265 Å². The summed E-state index contributed by atoms with van der Waals surface area (Å²) >= 11 is 0. The summed E-state index contributed by atoms with van der Waals surface area (Å²) in [4.78, 5) is 36.0. The molecule has 1 aromatic heterocycles. The fourth-order valence-corrected chi connectivity index (χ4v) is 5.96. The van der Waals surface area contributed by atoms with Crippen molar-refractivity contribution in [2.45, 2.75) is 50.7 Å². The fourth-order valence-electron chi connectivity index (χ4n) is 5.58. The third kappa shape index (κ3) is 10.2. The van der Waals surface area contributed by atoms with Crippen molar-refractivity contribution >= 4 is 33.6 Å². The number of carbonyl (C=O) groups excluding carboxylic acids is 2. The van der Waals surface area contributed by atoms with Crippen LogP contribution in [0.5, 0.6) is 0 Å². The summed E-state index contributed by atoms with van der Waals surface area (Å²) in [6, 6.07) is 9.43. The van der Waals surface area contributed by atoms with E-state index in [1.165, 1.54) is 6.07 Å². The molecule has 2 aliphatic rings. The summed E-state index contributed by atoms with van der Waals surface area (Å²) in [7, 11) is -3.67. The van der Waals surface area contributed by atoms with Gasteiger partial charge in [0.1, 0.15) is 17.7 Å². The van der Waals surface area contributed by atoms with Gasteiger partial charge in [0.25, 0.3) is 0 Å². The zero-order chi connectivity index (χ0) is 33.3. The number of halogens is 3. The highest BCUT2D eigenvalue weighted by Gasteiger charge is 2.39. The van der Waals surface area contributed by atoms with Gasteiger partial charge in [-0.1, -0.05) is 12.1 Å². The van der Waals surface area contributed by atoms with E-state index < -0.39 is 34.1 Å². The van der Waals surface area contributed by atoms with Crippen molar-refractivity contribution in [3.8, 4) is 6.07 Å². The minimum absolute atomic E-state index is 0.0573. The first-order valence-electron chi connectivity index (χ1n) is 15.1. The average Bonchev–Trinajstić information content (AvgIpc) is 3.51. The number of amides is 3. The van der Waals surface area contributed by atoms with E-state index in [1.54, 1.807) is 21.9 Å². The predicted molar refractivity (Wildman–Crippen MR) is 164 cm³/mol. The van der Waals surface area contributed by atoms with Gasteiger partial charge in [-0.2, -0.15) is 18.4 Å². The first-order valence-corrected chi connectivity index (χ1v) is 16.8. The number of urea groups is 1. The largest absolute Gasteiger partial charge is 0.451 e. The third-order valence-electron chi connectivity index (χ3n) is 8.05. The van der Waals surface area contributed by atoms with Crippen LogP contribution in [0.2, 0.25) is 0 Å². The molecular formula is C29H38F3N9O4S. The molecule has 3 amide bonds. The summed E-state index contributed by atoms with van der Waals surface area (Å²) in [6.07, 6.45) is -1.14. The first kappa shape index (κ1) is 34.7. The normalized spacial score (nSPS) is 17.4. The van der Waals surface area contributed by atoms with E-state index in [2.05, 4.69) is 32.0 Å². The number of carbonyl (C=O) groups is 2. The zero-order valence-corrected chi connectivity index (χ0v) is 26.0. The fraction of sp³-hybridized carbons (Fsp3) is 0.552. The lowest BCUT2D eigenvalue weighted by atomic mass is 9.93. The van der Waals surface area contributed by atoms with Crippen molar-refractivity contribution in [1.82, 2.24) is 25.9 Å². The van der Waals surface area contributed by atoms with Crippen LogP contribution in [0.4, 0.5) is 29.6 Å². The van der Waals surface area contributed by atoms with E-state index in [1.807, 2.05) is 12.1 Å². The molecule has 1 unspecified atom stereocenters. The number of nitrogens with zero attached hydrogens (tertiary/aromatic N) is 5. The molecule has 0 aliphatic carbocycles. The molecular weight excluding hydrogens is 627 g/mol. The van der Waals surface area contributed by atoms with Gasteiger partial charge in [0.2, 0.25) is 21.8 Å². The smallest absolute Gasteiger partial charge is 0.356 e. The second kappa shape index (κ2) is 15.4. The molecule has 250 valence electrons. The summed E-state index contributed by atoms with van der Waals surface area (Å²) in [5.41, 5.74) is 1.49. The van der Waals surface area contributed by atoms with Crippen molar-refractivity contribution in [3.63, 3.8) is 0 Å². The number of sulfonamides is 1. The highest BCUT2D eigenvalue weighted by molar-refractivity contribution is 7.89. The third-order valence-corrected chi connectivity index (χ3v) is 8.82. The number of hydrogen-bond donors (Lipinski definition) is 4. The Kier molecular flexibility index (Phi) is 11.6. The Morgan fingerprint density at radius 2 is 1.65 bits per heavy atom. The maximum Gasteiger partial charge on any atom is 0.451 e. The van der Waals surface area contributed by atoms with Gasteiger partial charge in [0.15, 0.2) is 0 Å².